The van der Waals surface area contributed by atoms with Gasteiger partial charge < -0.3 is 5.32 Å². The number of hydrogen-bond acceptors (Lipinski definition) is 5. The minimum absolute atomic E-state index is 0.395. The van der Waals surface area contributed by atoms with Crippen molar-refractivity contribution in [3.05, 3.63) is 34.1 Å². The summed E-state index contributed by atoms with van der Waals surface area (Å²) in [7, 11) is -4.27. The number of rotatable bonds is 4. The summed E-state index contributed by atoms with van der Waals surface area (Å²) in [5.41, 5.74) is -0.763. The first-order valence-electron chi connectivity index (χ1n) is 6.08. The Labute approximate surface area is 115 Å². The SMILES string of the molecule is O=[N+]([O-])c1cccc(F)c1S(=O)(=O)NC1CCCNC1. The van der Waals surface area contributed by atoms with Crippen LogP contribution in [-0.2, 0) is 10.0 Å². The van der Waals surface area contributed by atoms with Gasteiger partial charge in [0, 0.05) is 18.7 Å². The van der Waals surface area contributed by atoms with Crippen molar-refractivity contribution in [1.29, 1.82) is 0 Å². The van der Waals surface area contributed by atoms with Gasteiger partial charge in [0.2, 0.25) is 0 Å². The van der Waals surface area contributed by atoms with Crippen LogP contribution >= 0.6 is 0 Å². The summed E-state index contributed by atoms with van der Waals surface area (Å²) in [6.45, 7) is 1.21. The summed E-state index contributed by atoms with van der Waals surface area (Å²) < 4.78 is 40.4. The molecule has 0 aromatic heterocycles. The molecule has 1 aliphatic rings. The second-order valence-corrected chi connectivity index (χ2v) is 6.16. The van der Waals surface area contributed by atoms with Crippen LogP contribution in [-0.4, -0.2) is 32.5 Å². The lowest BCUT2D eigenvalue weighted by atomic mass is 10.1. The molecule has 1 atom stereocenters. The fourth-order valence-corrected chi connectivity index (χ4v) is 3.64. The molecule has 20 heavy (non-hydrogen) atoms. The van der Waals surface area contributed by atoms with Crippen molar-refractivity contribution >= 4 is 15.7 Å². The minimum Gasteiger partial charge on any atom is -0.315 e. The van der Waals surface area contributed by atoms with Crippen LogP contribution in [0, 0.1) is 15.9 Å². The quantitative estimate of drug-likeness (QED) is 0.632. The maximum atomic E-state index is 13.7. The molecular weight excluding hydrogens is 289 g/mol. The predicted molar refractivity (Wildman–Crippen MR) is 69.3 cm³/mol. The Morgan fingerprint density at radius 2 is 2.20 bits per heavy atom. The minimum atomic E-state index is -4.27. The first kappa shape index (κ1) is 14.8. The molecule has 0 amide bonds. The summed E-state index contributed by atoms with van der Waals surface area (Å²) >= 11 is 0. The lowest BCUT2D eigenvalue weighted by molar-refractivity contribution is -0.388. The summed E-state index contributed by atoms with van der Waals surface area (Å²) in [6.07, 6.45) is 1.39. The zero-order valence-corrected chi connectivity index (χ0v) is 11.3. The number of piperidine rings is 1. The second-order valence-electron chi connectivity index (χ2n) is 4.51. The van der Waals surface area contributed by atoms with Crippen LogP contribution in [0.3, 0.4) is 0 Å². The van der Waals surface area contributed by atoms with Gasteiger partial charge in [-0.15, -0.1) is 0 Å². The van der Waals surface area contributed by atoms with Gasteiger partial charge in [-0.05, 0) is 25.5 Å². The molecule has 0 saturated carbocycles. The van der Waals surface area contributed by atoms with E-state index in [1.807, 2.05) is 0 Å². The molecule has 1 heterocycles. The van der Waals surface area contributed by atoms with Crippen molar-refractivity contribution < 1.29 is 17.7 Å². The standard InChI is InChI=1S/C11H14FN3O4S/c12-9-4-1-5-10(15(16)17)11(9)20(18,19)14-8-3-2-6-13-7-8/h1,4-5,8,13-14H,2-3,6-7H2. The Balaban J connectivity index is 2.36. The van der Waals surface area contributed by atoms with Crippen molar-refractivity contribution in [2.24, 2.45) is 0 Å². The Morgan fingerprint density at radius 3 is 2.80 bits per heavy atom. The van der Waals surface area contributed by atoms with Gasteiger partial charge in [-0.1, -0.05) is 6.07 Å². The molecule has 110 valence electrons. The zero-order chi connectivity index (χ0) is 14.8. The van der Waals surface area contributed by atoms with Gasteiger partial charge in [-0.25, -0.2) is 17.5 Å². The van der Waals surface area contributed by atoms with Gasteiger partial charge in [0.25, 0.3) is 15.7 Å². The van der Waals surface area contributed by atoms with Gasteiger partial charge in [-0.2, -0.15) is 0 Å². The van der Waals surface area contributed by atoms with Gasteiger partial charge in [0.15, 0.2) is 4.90 Å². The monoisotopic (exact) mass is 303 g/mol. The average molecular weight is 303 g/mol. The topological polar surface area (TPSA) is 101 Å². The van der Waals surface area contributed by atoms with Crippen LogP contribution in [0.1, 0.15) is 12.8 Å². The zero-order valence-electron chi connectivity index (χ0n) is 10.5. The van der Waals surface area contributed by atoms with Crippen LogP contribution in [0.2, 0.25) is 0 Å². The molecule has 0 radical (unpaired) electrons. The van der Waals surface area contributed by atoms with Crippen LogP contribution in [0.15, 0.2) is 23.1 Å². The highest BCUT2D eigenvalue weighted by atomic mass is 32.2. The van der Waals surface area contributed by atoms with E-state index in [2.05, 4.69) is 10.0 Å². The van der Waals surface area contributed by atoms with Crippen molar-refractivity contribution in [3.8, 4) is 0 Å². The molecule has 0 spiro atoms. The third-order valence-electron chi connectivity index (χ3n) is 3.03. The highest BCUT2D eigenvalue weighted by Gasteiger charge is 2.32. The van der Waals surface area contributed by atoms with Crippen LogP contribution < -0.4 is 10.0 Å². The summed E-state index contributed by atoms with van der Waals surface area (Å²) in [6, 6.07) is 2.57. The Kier molecular flexibility index (Phi) is 4.31. The van der Waals surface area contributed by atoms with E-state index in [9.17, 15) is 22.9 Å². The van der Waals surface area contributed by atoms with E-state index in [0.29, 0.717) is 13.0 Å². The van der Waals surface area contributed by atoms with E-state index in [1.54, 1.807) is 0 Å². The van der Waals surface area contributed by atoms with Crippen LogP contribution in [0.25, 0.3) is 0 Å². The number of benzene rings is 1. The van der Waals surface area contributed by atoms with E-state index in [4.69, 9.17) is 0 Å². The van der Waals surface area contributed by atoms with Gasteiger partial charge in [0.05, 0.1) is 4.92 Å². The maximum absolute atomic E-state index is 13.7. The summed E-state index contributed by atoms with van der Waals surface area (Å²) in [5, 5.41) is 13.9. The number of sulfonamides is 1. The molecule has 1 aromatic carbocycles. The predicted octanol–water partition coefficient (Wildman–Crippen LogP) is 0.764. The first-order chi connectivity index (χ1) is 9.42. The molecule has 1 aliphatic heterocycles. The van der Waals surface area contributed by atoms with E-state index >= 15 is 0 Å². The lowest BCUT2D eigenvalue weighted by Gasteiger charge is -2.23. The molecule has 0 aliphatic carbocycles. The number of nitrogens with one attached hydrogen (secondary N) is 2. The van der Waals surface area contributed by atoms with Gasteiger partial charge in [0.1, 0.15) is 5.82 Å². The Bertz CT molecular complexity index is 614. The lowest BCUT2D eigenvalue weighted by Crippen LogP contribution is -2.45. The third-order valence-corrected chi connectivity index (χ3v) is 4.62. The molecule has 2 N–H and O–H groups in total. The fraction of sp³-hybridized carbons (Fsp3) is 0.455. The Hall–Kier alpha value is -1.58. The molecule has 1 fully saturated rings. The van der Waals surface area contributed by atoms with E-state index in [-0.39, 0.29) is 0 Å². The molecule has 0 bridgehead atoms. The van der Waals surface area contributed by atoms with Crippen LogP contribution in [0.4, 0.5) is 10.1 Å². The number of nitro benzene ring substituents is 1. The number of halogens is 1. The largest absolute Gasteiger partial charge is 0.315 e. The number of nitrogens with zero attached hydrogens (tertiary/aromatic N) is 1. The third kappa shape index (κ3) is 3.11. The molecular formula is C11H14FN3O4S. The molecule has 1 aromatic rings. The van der Waals surface area contributed by atoms with Crippen molar-refractivity contribution in [2.75, 3.05) is 13.1 Å². The molecule has 1 unspecified atom stereocenters. The summed E-state index contributed by atoms with van der Waals surface area (Å²) in [4.78, 5) is 9.03. The molecule has 9 heteroatoms. The second kappa shape index (κ2) is 5.81. The van der Waals surface area contributed by atoms with E-state index in [0.717, 1.165) is 31.2 Å². The molecule has 7 nitrogen and oxygen atoms in total. The van der Waals surface area contributed by atoms with Crippen LogP contribution in [0.5, 0.6) is 0 Å². The van der Waals surface area contributed by atoms with E-state index < -0.39 is 37.4 Å². The maximum Gasteiger partial charge on any atom is 0.292 e. The number of hydrogen-bond donors (Lipinski definition) is 2. The van der Waals surface area contributed by atoms with Gasteiger partial charge in [-0.3, -0.25) is 10.1 Å². The molecule has 1 saturated heterocycles. The first-order valence-corrected chi connectivity index (χ1v) is 7.56. The van der Waals surface area contributed by atoms with E-state index in [1.165, 1.54) is 0 Å². The van der Waals surface area contributed by atoms with Gasteiger partial charge >= 0.3 is 0 Å². The van der Waals surface area contributed by atoms with Crippen molar-refractivity contribution in [3.63, 3.8) is 0 Å². The highest BCUT2D eigenvalue weighted by Crippen LogP contribution is 2.26. The summed E-state index contributed by atoms with van der Waals surface area (Å²) in [5.74, 6) is -1.13. The average Bonchev–Trinajstić information content (AvgIpc) is 2.38. The van der Waals surface area contributed by atoms with Crippen molar-refractivity contribution in [1.82, 2.24) is 10.0 Å². The Morgan fingerprint density at radius 1 is 1.45 bits per heavy atom. The molecule has 2 rings (SSSR count). The number of nitro groups is 1. The normalized spacial score (nSPS) is 19.8. The highest BCUT2D eigenvalue weighted by molar-refractivity contribution is 7.89. The van der Waals surface area contributed by atoms with Crippen molar-refractivity contribution in [2.45, 2.75) is 23.8 Å². The fourth-order valence-electron chi connectivity index (χ4n) is 2.14. The smallest absolute Gasteiger partial charge is 0.292 e.